The van der Waals surface area contributed by atoms with Gasteiger partial charge in [-0.2, -0.15) is 0 Å². The number of benzene rings is 1. The number of aliphatic carboxylic acids is 1. The number of rotatable bonds is 5. The fourth-order valence-corrected chi connectivity index (χ4v) is 3.03. The zero-order valence-corrected chi connectivity index (χ0v) is 11.9. The summed E-state index contributed by atoms with van der Waals surface area (Å²) in [5, 5.41) is 9.44. The van der Waals surface area contributed by atoms with Gasteiger partial charge in [0.2, 0.25) is 0 Å². The molecule has 3 nitrogen and oxygen atoms in total. The molecular formula is C15H17NO2S. The number of aryl methyl sites for hydroxylation is 3. The lowest BCUT2D eigenvalue weighted by atomic mass is 9.90. The predicted molar refractivity (Wildman–Crippen MR) is 76.7 cm³/mol. The van der Waals surface area contributed by atoms with Crippen LogP contribution in [0.25, 0.3) is 0 Å². The number of nitrogens with zero attached hydrogens (tertiary/aromatic N) is 1. The van der Waals surface area contributed by atoms with E-state index >= 15 is 0 Å². The highest BCUT2D eigenvalue weighted by Crippen LogP contribution is 2.26. The molecule has 0 saturated heterocycles. The number of aromatic nitrogens is 1. The van der Waals surface area contributed by atoms with Crippen LogP contribution < -0.4 is 0 Å². The molecule has 1 aromatic carbocycles. The van der Waals surface area contributed by atoms with Gasteiger partial charge in [-0.15, -0.1) is 11.3 Å². The summed E-state index contributed by atoms with van der Waals surface area (Å²) in [5.41, 5.74) is 4.78. The van der Waals surface area contributed by atoms with Crippen LogP contribution in [0, 0.1) is 13.8 Å². The number of thiazole rings is 1. The Morgan fingerprint density at radius 2 is 2.11 bits per heavy atom. The van der Waals surface area contributed by atoms with Crippen molar-refractivity contribution in [2.45, 2.75) is 32.6 Å². The highest BCUT2D eigenvalue weighted by Gasteiger charge is 2.21. The van der Waals surface area contributed by atoms with Crippen molar-refractivity contribution in [2.75, 3.05) is 0 Å². The summed E-state index contributed by atoms with van der Waals surface area (Å²) < 4.78 is 0. The molecule has 1 aromatic heterocycles. The van der Waals surface area contributed by atoms with Gasteiger partial charge < -0.3 is 5.11 Å². The third-order valence-electron chi connectivity index (χ3n) is 3.37. The summed E-state index contributed by atoms with van der Waals surface area (Å²) in [6, 6.07) is 7.71. The van der Waals surface area contributed by atoms with Crippen molar-refractivity contribution < 1.29 is 9.90 Å². The van der Waals surface area contributed by atoms with Crippen LogP contribution in [0.2, 0.25) is 0 Å². The molecule has 0 radical (unpaired) electrons. The van der Waals surface area contributed by atoms with Crippen LogP contribution >= 0.6 is 11.3 Å². The number of carbonyl (C=O) groups is 1. The van der Waals surface area contributed by atoms with Crippen molar-refractivity contribution in [1.82, 2.24) is 4.98 Å². The molecule has 4 heteroatoms. The van der Waals surface area contributed by atoms with Crippen LogP contribution in [0.4, 0.5) is 0 Å². The maximum atomic E-state index is 11.5. The molecule has 0 amide bonds. The van der Waals surface area contributed by atoms with E-state index in [9.17, 15) is 9.90 Å². The van der Waals surface area contributed by atoms with Crippen molar-refractivity contribution in [3.8, 4) is 0 Å². The molecule has 0 aliphatic carbocycles. The van der Waals surface area contributed by atoms with Crippen LogP contribution in [-0.2, 0) is 11.2 Å². The first-order chi connectivity index (χ1) is 9.09. The Labute approximate surface area is 116 Å². The lowest BCUT2D eigenvalue weighted by Gasteiger charge is -2.14. The molecule has 1 N–H and O–H groups in total. The van der Waals surface area contributed by atoms with Gasteiger partial charge in [0, 0.05) is 4.88 Å². The standard InChI is InChI=1S/C15H17NO2S/c1-10-5-3-4-6-12(10)13(15(17)18)7-8-14-11(2)16-9-19-14/h3-6,9,13H,7-8H2,1-2H3,(H,17,18). The minimum atomic E-state index is -0.753. The van der Waals surface area contributed by atoms with E-state index < -0.39 is 11.9 Å². The second-order valence-corrected chi connectivity index (χ2v) is 5.59. The fourth-order valence-electron chi connectivity index (χ4n) is 2.23. The summed E-state index contributed by atoms with van der Waals surface area (Å²) in [5.74, 6) is -1.20. The molecule has 0 bridgehead atoms. The van der Waals surface area contributed by atoms with Crippen LogP contribution in [-0.4, -0.2) is 16.1 Å². The Kier molecular flexibility index (Phi) is 4.32. The quantitative estimate of drug-likeness (QED) is 0.907. The number of carboxylic acid groups (broad SMARTS) is 1. The first kappa shape index (κ1) is 13.7. The molecule has 0 saturated carbocycles. The zero-order chi connectivity index (χ0) is 13.8. The van der Waals surface area contributed by atoms with Crippen molar-refractivity contribution in [3.05, 3.63) is 51.5 Å². The van der Waals surface area contributed by atoms with Crippen molar-refractivity contribution in [2.24, 2.45) is 0 Å². The van der Waals surface area contributed by atoms with E-state index in [1.54, 1.807) is 11.3 Å². The van der Waals surface area contributed by atoms with E-state index in [0.29, 0.717) is 6.42 Å². The Morgan fingerprint density at radius 1 is 1.37 bits per heavy atom. The SMILES string of the molecule is Cc1ccccc1C(CCc1scnc1C)C(=O)O. The summed E-state index contributed by atoms with van der Waals surface area (Å²) in [6.45, 7) is 3.93. The molecule has 2 aromatic rings. The summed E-state index contributed by atoms with van der Waals surface area (Å²) in [7, 11) is 0. The van der Waals surface area contributed by atoms with Gasteiger partial charge in [-0.3, -0.25) is 4.79 Å². The van der Waals surface area contributed by atoms with Crippen molar-refractivity contribution in [1.29, 1.82) is 0 Å². The van der Waals surface area contributed by atoms with E-state index in [1.165, 1.54) is 4.88 Å². The molecule has 0 spiro atoms. The lowest BCUT2D eigenvalue weighted by molar-refractivity contribution is -0.139. The third kappa shape index (κ3) is 3.20. The largest absolute Gasteiger partial charge is 0.481 e. The monoisotopic (exact) mass is 275 g/mol. The third-order valence-corrected chi connectivity index (χ3v) is 4.36. The molecule has 0 aliphatic heterocycles. The number of hydrogen-bond acceptors (Lipinski definition) is 3. The molecule has 19 heavy (non-hydrogen) atoms. The first-order valence-corrected chi connectivity index (χ1v) is 7.15. The summed E-state index contributed by atoms with van der Waals surface area (Å²) >= 11 is 1.60. The summed E-state index contributed by atoms with van der Waals surface area (Å²) in [6.07, 6.45) is 1.38. The van der Waals surface area contributed by atoms with E-state index in [4.69, 9.17) is 0 Å². The van der Waals surface area contributed by atoms with E-state index in [-0.39, 0.29) is 0 Å². The van der Waals surface area contributed by atoms with Crippen LogP contribution in [0.15, 0.2) is 29.8 Å². The van der Waals surface area contributed by atoms with E-state index in [0.717, 1.165) is 23.2 Å². The minimum absolute atomic E-state index is 0.442. The second-order valence-electron chi connectivity index (χ2n) is 4.65. The number of carboxylic acids is 1. The van der Waals surface area contributed by atoms with Crippen molar-refractivity contribution >= 4 is 17.3 Å². The van der Waals surface area contributed by atoms with Gasteiger partial charge >= 0.3 is 5.97 Å². The van der Waals surface area contributed by atoms with Gasteiger partial charge in [0.05, 0.1) is 17.1 Å². The van der Waals surface area contributed by atoms with Gasteiger partial charge in [-0.1, -0.05) is 24.3 Å². The Bertz CT molecular complexity index is 577. The summed E-state index contributed by atoms with van der Waals surface area (Å²) in [4.78, 5) is 16.9. The Hall–Kier alpha value is -1.68. The van der Waals surface area contributed by atoms with Gasteiger partial charge in [-0.25, -0.2) is 4.98 Å². The minimum Gasteiger partial charge on any atom is -0.481 e. The van der Waals surface area contributed by atoms with Gasteiger partial charge in [0.15, 0.2) is 0 Å². The van der Waals surface area contributed by atoms with E-state index in [2.05, 4.69) is 4.98 Å². The van der Waals surface area contributed by atoms with E-state index in [1.807, 2.05) is 43.6 Å². The van der Waals surface area contributed by atoms with Crippen molar-refractivity contribution in [3.63, 3.8) is 0 Å². The molecule has 100 valence electrons. The Balaban J connectivity index is 2.16. The highest BCUT2D eigenvalue weighted by molar-refractivity contribution is 7.09. The average molecular weight is 275 g/mol. The molecule has 1 unspecified atom stereocenters. The molecule has 2 rings (SSSR count). The molecular weight excluding hydrogens is 258 g/mol. The maximum absolute atomic E-state index is 11.5. The fraction of sp³-hybridized carbons (Fsp3) is 0.333. The van der Waals surface area contributed by atoms with Crippen LogP contribution in [0.3, 0.4) is 0 Å². The average Bonchev–Trinajstić information content (AvgIpc) is 2.77. The second kappa shape index (κ2) is 5.97. The normalized spacial score (nSPS) is 12.3. The van der Waals surface area contributed by atoms with Gasteiger partial charge in [0.1, 0.15) is 0 Å². The smallest absolute Gasteiger partial charge is 0.310 e. The Morgan fingerprint density at radius 3 is 2.68 bits per heavy atom. The number of hydrogen-bond donors (Lipinski definition) is 1. The molecule has 1 atom stereocenters. The van der Waals surface area contributed by atoms with Crippen LogP contribution in [0.5, 0.6) is 0 Å². The topological polar surface area (TPSA) is 50.2 Å². The van der Waals surface area contributed by atoms with Gasteiger partial charge in [0.25, 0.3) is 0 Å². The van der Waals surface area contributed by atoms with Gasteiger partial charge in [-0.05, 0) is 37.8 Å². The molecule has 1 heterocycles. The highest BCUT2D eigenvalue weighted by atomic mass is 32.1. The van der Waals surface area contributed by atoms with Crippen LogP contribution in [0.1, 0.15) is 34.0 Å². The first-order valence-electron chi connectivity index (χ1n) is 6.27. The molecule has 0 fully saturated rings. The molecule has 0 aliphatic rings. The zero-order valence-electron chi connectivity index (χ0n) is 11.1. The predicted octanol–water partition coefficient (Wildman–Crippen LogP) is 3.56. The lowest BCUT2D eigenvalue weighted by Crippen LogP contribution is -2.13. The maximum Gasteiger partial charge on any atom is 0.310 e.